The fraction of sp³-hybridized carbons (Fsp3) is 0.933. The highest BCUT2D eigenvalue weighted by molar-refractivity contribution is 6.74. The van der Waals surface area contributed by atoms with E-state index in [1.165, 1.54) is 32.1 Å². The maximum absolute atomic E-state index is 11.3. The number of ether oxygens (including phenoxy) is 3. The highest BCUT2D eigenvalue weighted by Crippen LogP contribution is 2.66. The van der Waals surface area contributed by atoms with Gasteiger partial charge in [-0.25, -0.2) is 0 Å². The van der Waals surface area contributed by atoms with E-state index in [1.54, 1.807) is 7.11 Å². The smallest absolute Gasteiger partial charge is 0.201 e. The van der Waals surface area contributed by atoms with Crippen molar-refractivity contribution in [3.63, 3.8) is 0 Å². The Hall–Kier alpha value is -0.423. The van der Waals surface area contributed by atoms with Gasteiger partial charge in [-0.05, 0) is 56.2 Å². The van der Waals surface area contributed by atoms with Crippen molar-refractivity contribution in [3.8, 4) is 11.8 Å². The van der Waals surface area contributed by atoms with E-state index in [0.717, 1.165) is 25.7 Å². The molecule has 1 unspecified atom stereocenters. The van der Waals surface area contributed by atoms with E-state index in [2.05, 4.69) is 52.6 Å². The topological polar surface area (TPSA) is 57.2 Å². The van der Waals surface area contributed by atoms with E-state index in [4.69, 9.17) is 18.6 Å². The molecule has 36 heavy (non-hydrogen) atoms. The first-order valence-electron chi connectivity index (χ1n) is 14.7. The third-order valence-electron chi connectivity index (χ3n) is 10.3. The van der Waals surface area contributed by atoms with E-state index in [0.29, 0.717) is 25.6 Å². The summed E-state index contributed by atoms with van der Waals surface area (Å²) in [6, 6.07) is 0. The lowest BCUT2D eigenvalue weighted by atomic mass is 9.46. The molecular weight excluding hydrogens is 468 g/mol. The van der Waals surface area contributed by atoms with Crippen LogP contribution < -0.4 is 0 Å². The fourth-order valence-corrected chi connectivity index (χ4v) is 8.51. The SMILES string of the molecule is CCCCC1[C@@H]2[C@@H](C#C[C@@H](O[Si](C)(C)C(C)(C)C)C3CCCCC3)[C@H](O)CC[C@]2(OC)C12OCCO2. The van der Waals surface area contributed by atoms with Crippen LogP contribution in [0.4, 0.5) is 0 Å². The molecular formula is C30H52O5Si. The molecule has 0 aromatic rings. The normalized spacial score (nSPS) is 35.6. The van der Waals surface area contributed by atoms with E-state index in [1.807, 2.05) is 0 Å². The zero-order valence-corrected chi connectivity index (χ0v) is 25.0. The molecule has 206 valence electrons. The van der Waals surface area contributed by atoms with Gasteiger partial charge in [0.1, 0.15) is 11.7 Å². The second kappa shape index (κ2) is 11.0. The van der Waals surface area contributed by atoms with Crippen LogP contribution in [0.25, 0.3) is 0 Å². The molecule has 0 aromatic carbocycles. The Morgan fingerprint density at radius 1 is 1.08 bits per heavy atom. The summed E-state index contributed by atoms with van der Waals surface area (Å²) in [5.41, 5.74) is -0.527. The predicted molar refractivity (Wildman–Crippen MR) is 146 cm³/mol. The summed E-state index contributed by atoms with van der Waals surface area (Å²) in [5.74, 6) is 7.29. The fourth-order valence-electron chi connectivity index (χ4n) is 7.27. The molecule has 1 saturated heterocycles. The third kappa shape index (κ3) is 4.87. The minimum atomic E-state index is -1.98. The highest BCUT2D eigenvalue weighted by atomic mass is 28.4. The number of methoxy groups -OCH3 is 1. The first-order chi connectivity index (χ1) is 17.0. The Morgan fingerprint density at radius 3 is 2.33 bits per heavy atom. The molecule has 4 aliphatic rings. The van der Waals surface area contributed by atoms with Crippen molar-refractivity contribution in [1.82, 2.24) is 0 Å². The van der Waals surface area contributed by atoms with Crippen molar-refractivity contribution in [2.45, 2.75) is 134 Å². The molecule has 5 nitrogen and oxygen atoms in total. The maximum atomic E-state index is 11.3. The largest absolute Gasteiger partial charge is 0.403 e. The summed E-state index contributed by atoms with van der Waals surface area (Å²) in [7, 11) is -0.186. The quantitative estimate of drug-likeness (QED) is 0.315. The van der Waals surface area contributed by atoms with Crippen molar-refractivity contribution in [2.75, 3.05) is 20.3 Å². The second-order valence-electron chi connectivity index (χ2n) is 13.3. The van der Waals surface area contributed by atoms with Gasteiger partial charge in [-0.2, -0.15) is 0 Å². The molecule has 6 heteroatoms. The van der Waals surface area contributed by atoms with Gasteiger partial charge in [0.25, 0.3) is 0 Å². The number of aliphatic hydroxyl groups excluding tert-OH is 1. The summed E-state index contributed by atoms with van der Waals surface area (Å²) in [4.78, 5) is 0. The van der Waals surface area contributed by atoms with Gasteiger partial charge in [-0.3, -0.25) is 0 Å². The first kappa shape index (κ1) is 28.6. The number of fused-ring (bicyclic) bond motifs is 2. The molecule has 0 bridgehead atoms. The van der Waals surface area contributed by atoms with Crippen LogP contribution >= 0.6 is 0 Å². The summed E-state index contributed by atoms with van der Waals surface area (Å²) < 4.78 is 26.0. The van der Waals surface area contributed by atoms with Crippen LogP contribution in [0.15, 0.2) is 0 Å². The predicted octanol–water partition coefficient (Wildman–Crippen LogP) is 6.30. The second-order valence-corrected chi connectivity index (χ2v) is 18.1. The van der Waals surface area contributed by atoms with Crippen LogP contribution in [0.3, 0.4) is 0 Å². The van der Waals surface area contributed by atoms with Crippen molar-refractivity contribution in [1.29, 1.82) is 0 Å². The molecule has 1 spiro atoms. The molecule has 0 radical (unpaired) electrons. The number of hydrogen-bond acceptors (Lipinski definition) is 5. The van der Waals surface area contributed by atoms with Crippen LogP contribution in [-0.2, 0) is 18.6 Å². The van der Waals surface area contributed by atoms with Gasteiger partial charge in [0.05, 0.1) is 25.2 Å². The molecule has 0 aromatic heterocycles. The Balaban J connectivity index is 1.66. The van der Waals surface area contributed by atoms with Crippen LogP contribution in [-0.4, -0.2) is 57.3 Å². The number of unbranched alkanes of at least 4 members (excludes halogenated alkanes) is 1. The molecule has 4 rings (SSSR count). The number of hydrogen-bond donors (Lipinski definition) is 1. The number of rotatable bonds is 7. The van der Waals surface area contributed by atoms with Crippen LogP contribution in [0.5, 0.6) is 0 Å². The minimum absolute atomic E-state index is 0.0561. The number of aliphatic hydroxyl groups is 1. The van der Waals surface area contributed by atoms with Gasteiger partial charge < -0.3 is 23.7 Å². The Labute approximate surface area is 221 Å². The van der Waals surface area contributed by atoms with E-state index >= 15 is 0 Å². The Kier molecular flexibility index (Phi) is 8.72. The van der Waals surface area contributed by atoms with Gasteiger partial charge in [-0.1, -0.05) is 71.6 Å². The van der Waals surface area contributed by atoms with Crippen molar-refractivity contribution < 1.29 is 23.7 Å². The maximum Gasteiger partial charge on any atom is 0.201 e. The Morgan fingerprint density at radius 2 is 1.75 bits per heavy atom. The summed E-state index contributed by atoms with van der Waals surface area (Å²) in [6.07, 6.45) is 10.4. The van der Waals surface area contributed by atoms with Crippen LogP contribution in [0.1, 0.15) is 91.9 Å². The van der Waals surface area contributed by atoms with Gasteiger partial charge in [0.15, 0.2) is 8.32 Å². The lowest BCUT2D eigenvalue weighted by molar-refractivity contribution is -0.417. The lowest BCUT2D eigenvalue weighted by Crippen LogP contribution is -2.80. The molecule has 6 atom stereocenters. The molecule has 4 fully saturated rings. The molecule has 1 heterocycles. The Bertz CT molecular complexity index is 798. The van der Waals surface area contributed by atoms with Crippen molar-refractivity contribution in [3.05, 3.63) is 0 Å². The average Bonchev–Trinajstić information content (AvgIpc) is 3.36. The molecule has 1 aliphatic heterocycles. The molecule has 0 amide bonds. The van der Waals surface area contributed by atoms with E-state index in [9.17, 15) is 5.11 Å². The minimum Gasteiger partial charge on any atom is -0.403 e. The third-order valence-corrected chi connectivity index (χ3v) is 14.8. The average molecular weight is 521 g/mol. The van der Waals surface area contributed by atoms with Crippen LogP contribution in [0.2, 0.25) is 18.1 Å². The van der Waals surface area contributed by atoms with Gasteiger partial charge >= 0.3 is 0 Å². The van der Waals surface area contributed by atoms with Gasteiger partial charge in [0, 0.05) is 18.9 Å². The first-order valence-corrected chi connectivity index (χ1v) is 17.6. The van der Waals surface area contributed by atoms with Crippen molar-refractivity contribution in [2.24, 2.45) is 23.7 Å². The van der Waals surface area contributed by atoms with E-state index in [-0.39, 0.29) is 28.9 Å². The molecule has 1 N–H and O–H groups in total. The zero-order chi connectivity index (χ0) is 26.2. The molecule has 3 saturated carbocycles. The molecule has 3 aliphatic carbocycles. The summed E-state index contributed by atoms with van der Waals surface area (Å²) in [6.45, 7) is 15.0. The van der Waals surface area contributed by atoms with Crippen molar-refractivity contribution >= 4 is 8.32 Å². The highest BCUT2D eigenvalue weighted by Gasteiger charge is 2.78. The zero-order valence-electron chi connectivity index (χ0n) is 24.0. The summed E-state index contributed by atoms with van der Waals surface area (Å²) >= 11 is 0. The monoisotopic (exact) mass is 520 g/mol. The van der Waals surface area contributed by atoms with Gasteiger partial charge in [-0.15, -0.1) is 0 Å². The summed E-state index contributed by atoms with van der Waals surface area (Å²) in [5, 5.41) is 11.4. The van der Waals surface area contributed by atoms with Gasteiger partial charge in [0.2, 0.25) is 5.79 Å². The van der Waals surface area contributed by atoms with Crippen LogP contribution in [0, 0.1) is 35.5 Å². The standard InChI is InChI=1S/C30H52O5Si/c1-8-9-15-24-27-23(25(31)18-19-29(27,32-5)30(24)33-20-21-34-30)16-17-26(22-13-11-10-12-14-22)35-36(6,7)28(2,3)4/h22-27,31H,8-15,18-21H2,1-7H3/t23-,24?,25+,26+,27-,29+/m0/s1. The van der Waals surface area contributed by atoms with E-state index < -0.39 is 25.8 Å². The lowest BCUT2D eigenvalue weighted by Gasteiger charge is -2.68.